The maximum Gasteiger partial charge on any atom is 0.156 e. The van der Waals surface area contributed by atoms with Crippen LogP contribution < -0.4 is 10.1 Å². The quantitative estimate of drug-likeness (QED) is 0.840. The fourth-order valence-corrected chi connectivity index (χ4v) is 2.73. The second-order valence-corrected chi connectivity index (χ2v) is 6.38. The minimum Gasteiger partial charge on any atom is -0.488 e. The van der Waals surface area contributed by atoms with Crippen molar-refractivity contribution in [3.8, 4) is 5.75 Å². The number of ether oxygens (including phenoxy) is 2. The van der Waals surface area contributed by atoms with Crippen LogP contribution in [-0.2, 0) is 4.74 Å². The van der Waals surface area contributed by atoms with Crippen molar-refractivity contribution in [2.75, 3.05) is 26.4 Å². The maximum absolute atomic E-state index is 10.0. The van der Waals surface area contributed by atoms with Gasteiger partial charge in [0.1, 0.15) is 12.7 Å². The minimum atomic E-state index is -0.628. The molecular formula is C15H21Cl2NO3. The number of aliphatic hydroxyl groups is 1. The van der Waals surface area contributed by atoms with Crippen molar-refractivity contribution in [2.45, 2.75) is 31.4 Å². The van der Waals surface area contributed by atoms with Gasteiger partial charge in [0.2, 0.25) is 0 Å². The van der Waals surface area contributed by atoms with Gasteiger partial charge in [-0.25, -0.2) is 0 Å². The average molecular weight is 334 g/mol. The summed E-state index contributed by atoms with van der Waals surface area (Å²) in [5.41, 5.74) is 0.0151. The molecule has 4 nitrogen and oxygen atoms in total. The summed E-state index contributed by atoms with van der Waals surface area (Å²) >= 11 is 12.0. The highest BCUT2D eigenvalue weighted by Crippen LogP contribution is 2.32. The second-order valence-electron chi connectivity index (χ2n) is 5.57. The van der Waals surface area contributed by atoms with Gasteiger partial charge in [0, 0.05) is 25.3 Å². The van der Waals surface area contributed by atoms with E-state index in [0.29, 0.717) is 22.3 Å². The van der Waals surface area contributed by atoms with Crippen molar-refractivity contribution >= 4 is 23.2 Å². The molecule has 0 amide bonds. The standard InChI is InChI=1S/C15H21Cl2NO3/c1-15(5-7-20-8-6-15)18-9-11(19)10-21-14-12(16)3-2-4-13(14)17/h2-4,11,18-19H,5-10H2,1H3. The summed E-state index contributed by atoms with van der Waals surface area (Å²) in [7, 11) is 0. The van der Waals surface area contributed by atoms with E-state index < -0.39 is 6.10 Å². The summed E-state index contributed by atoms with van der Waals surface area (Å²) in [6.45, 7) is 4.26. The van der Waals surface area contributed by atoms with Gasteiger partial charge in [-0.2, -0.15) is 0 Å². The molecule has 0 spiro atoms. The molecule has 1 aliphatic rings. The SMILES string of the molecule is CC1(NCC(O)COc2c(Cl)cccc2Cl)CCOCC1. The predicted octanol–water partition coefficient (Wildman–Crippen LogP) is 2.89. The topological polar surface area (TPSA) is 50.7 Å². The Morgan fingerprint density at radius 3 is 2.57 bits per heavy atom. The number of hydrogen-bond acceptors (Lipinski definition) is 4. The molecule has 0 saturated carbocycles. The number of nitrogens with one attached hydrogen (secondary N) is 1. The van der Waals surface area contributed by atoms with Crippen LogP contribution in [0.25, 0.3) is 0 Å². The van der Waals surface area contributed by atoms with Crippen LogP contribution in [0.1, 0.15) is 19.8 Å². The van der Waals surface area contributed by atoms with E-state index in [1.54, 1.807) is 18.2 Å². The molecule has 1 atom stereocenters. The largest absolute Gasteiger partial charge is 0.488 e. The van der Waals surface area contributed by atoms with Crippen LogP contribution >= 0.6 is 23.2 Å². The fourth-order valence-electron chi connectivity index (χ4n) is 2.22. The number of hydrogen-bond donors (Lipinski definition) is 2. The van der Waals surface area contributed by atoms with E-state index in [4.69, 9.17) is 32.7 Å². The van der Waals surface area contributed by atoms with Crippen molar-refractivity contribution in [1.82, 2.24) is 5.32 Å². The number of para-hydroxylation sites is 1. The van der Waals surface area contributed by atoms with Crippen molar-refractivity contribution in [2.24, 2.45) is 0 Å². The molecule has 1 saturated heterocycles. The summed E-state index contributed by atoms with van der Waals surface area (Å²) in [4.78, 5) is 0. The Kier molecular flexibility index (Phi) is 6.14. The molecule has 1 heterocycles. The van der Waals surface area contributed by atoms with Crippen LogP contribution in [-0.4, -0.2) is 43.1 Å². The van der Waals surface area contributed by atoms with Crippen molar-refractivity contribution in [3.63, 3.8) is 0 Å². The van der Waals surface area contributed by atoms with Crippen LogP contribution in [0.2, 0.25) is 10.0 Å². The molecule has 0 aliphatic carbocycles. The molecular weight excluding hydrogens is 313 g/mol. The Morgan fingerprint density at radius 1 is 1.33 bits per heavy atom. The molecule has 118 valence electrons. The van der Waals surface area contributed by atoms with E-state index in [2.05, 4.69) is 12.2 Å². The Balaban J connectivity index is 1.78. The third-order valence-electron chi connectivity index (χ3n) is 3.70. The second kappa shape index (κ2) is 7.65. The van der Waals surface area contributed by atoms with E-state index in [-0.39, 0.29) is 12.1 Å². The number of rotatable bonds is 6. The van der Waals surface area contributed by atoms with Gasteiger partial charge in [-0.15, -0.1) is 0 Å². The minimum absolute atomic E-state index is 0.0151. The zero-order valence-electron chi connectivity index (χ0n) is 12.1. The summed E-state index contributed by atoms with van der Waals surface area (Å²) in [5, 5.41) is 14.3. The lowest BCUT2D eigenvalue weighted by atomic mass is 9.92. The van der Waals surface area contributed by atoms with Crippen molar-refractivity contribution < 1.29 is 14.6 Å². The Hall–Kier alpha value is -0.520. The smallest absolute Gasteiger partial charge is 0.156 e. The first-order valence-electron chi connectivity index (χ1n) is 7.08. The highest BCUT2D eigenvalue weighted by atomic mass is 35.5. The van der Waals surface area contributed by atoms with E-state index in [0.717, 1.165) is 26.1 Å². The highest BCUT2D eigenvalue weighted by Gasteiger charge is 2.27. The molecule has 6 heteroatoms. The average Bonchev–Trinajstić information content (AvgIpc) is 2.45. The van der Waals surface area contributed by atoms with E-state index in [1.807, 2.05) is 0 Å². The molecule has 0 radical (unpaired) electrons. The predicted molar refractivity (Wildman–Crippen MR) is 84.4 cm³/mol. The zero-order valence-corrected chi connectivity index (χ0v) is 13.6. The highest BCUT2D eigenvalue weighted by molar-refractivity contribution is 6.37. The Morgan fingerprint density at radius 2 is 1.95 bits per heavy atom. The molecule has 0 aromatic heterocycles. The molecule has 21 heavy (non-hydrogen) atoms. The van der Waals surface area contributed by atoms with Gasteiger partial charge in [-0.1, -0.05) is 29.3 Å². The van der Waals surface area contributed by atoms with Gasteiger partial charge in [-0.3, -0.25) is 0 Å². The lowest BCUT2D eigenvalue weighted by Crippen LogP contribution is -2.50. The van der Waals surface area contributed by atoms with Crippen molar-refractivity contribution in [1.29, 1.82) is 0 Å². The first kappa shape index (κ1) is 16.8. The Bertz CT molecular complexity index is 444. The van der Waals surface area contributed by atoms with Gasteiger partial charge in [0.05, 0.1) is 10.0 Å². The number of halogens is 2. The summed E-state index contributed by atoms with van der Waals surface area (Å²) in [6, 6.07) is 5.16. The van der Waals surface area contributed by atoms with Crippen LogP contribution in [0.5, 0.6) is 5.75 Å². The normalized spacial score (nSPS) is 19.2. The summed E-state index contributed by atoms with van der Waals surface area (Å²) < 4.78 is 10.9. The molecule has 1 unspecified atom stereocenters. The molecule has 2 rings (SSSR count). The maximum atomic E-state index is 10.0. The lowest BCUT2D eigenvalue weighted by molar-refractivity contribution is 0.0342. The van der Waals surface area contributed by atoms with Crippen LogP contribution in [0, 0.1) is 0 Å². The summed E-state index contributed by atoms with van der Waals surface area (Å²) in [6.07, 6.45) is 1.26. The van der Waals surface area contributed by atoms with Crippen LogP contribution in [0.15, 0.2) is 18.2 Å². The number of β-amino-alcohol motifs (C(OH)–C–C–N with tert-alkyl or cyclic N) is 1. The molecule has 1 aromatic carbocycles. The van der Waals surface area contributed by atoms with Crippen LogP contribution in [0.4, 0.5) is 0 Å². The van der Waals surface area contributed by atoms with Gasteiger partial charge in [0.15, 0.2) is 5.75 Å². The fraction of sp³-hybridized carbons (Fsp3) is 0.600. The molecule has 1 aromatic rings. The van der Waals surface area contributed by atoms with Gasteiger partial charge in [-0.05, 0) is 31.9 Å². The lowest BCUT2D eigenvalue weighted by Gasteiger charge is -2.35. The Labute approximate surface area is 135 Å². The van der Waals surface area contributed by atoms with Gasteiger partial charge < -0.3 is 19.9 Å². The van der Waals surface area contributed by atoms with E-state index in [9.17, 15) is 5.11 Å². The van der Waals surface area contributed by atoms with E-state index >= 15 is 0 Å². The van der Waals surface area contributed by atoms with Crippen LogP contribution in [0.3, 0.4) is 0 Å². The molecule has 0 bridgehead atoms. The first-order valence-corrected chi connectivity index (χ1v) is 7.83. The summed E-state index contributed by atoms with van der Waals surface area (Å²) in [5.74, 6) is 0.414. The van der Waals surface area contributed by atoms with Gasteiger partial charge >= 0.3 is 0 Å². The molecule has 1 fully saturated rings. The monoisotopic (exact) mass is 333 g/mol. The zero-order chi connectivity index (χ0) is 15.3. The number of benzene rings is 1. The molecule has 1 aliphatic heterocycles. The van der Waals surface area contributed by atoms with E-state index in [1.165, 1.54) is 0 Å². The number of aliphatic hydroxyl groups excluding tert-OH is 1. The third-order valence-corrected chi connectivity index (χ3v) is 4.30. The third kappa shape index (κ3) is 5.01. The first-order chi connectivity index (χ1) is 10.0. The van der Waals surface area contributed by atoms with Gasteiger partial charge in [0.25, 0.3) is 0 Å². The van der Waals surface area contributed by atoms with Crippen molar-refractivity contribution in [3.05, 3.63) is 28.2 Å². The molecule has 2 N–H and O–H groups in total.